The largest absolute Gasteiger partial charge is 0.496 e. The summed E-state index contributed by atoms with van der Waals surface area (Å²) in [4.78, 5) is 49.3. The van der Waals surface area contributed by atoms with E-state index in [-0.39, 0.29) is 34.2 Å². The van der Waals surface area contributed by atoms with Crippen molar-refractivity contribution in [3.8, 4) is 5.75 Å². The monoisotopic (exact) mass is 522 g/mol. The highest BCUT2D eigenvalue weighted by molar-refractivity contribution is 5.99. The highest BCUT2D eigenvalue weighted by atomic mass is 16.5. The Hall–Kier alpha value is -5.05. The van der Waals surface area contributed by atoms with E-state index in [1.165, 1.54) is 17.6 Å². The van der Waals surface area contributed by atoms with Gasteiger partial charge in [0.15, 0.2) is 5.49 Å². The van der Waals surface area contributed by atoms with Gasteiger partial charge in [0.2, 0.25) is 0 Å². The summed E-state index contributed by atoms with van der Waals surface area (Å²) in [7, 11) is 1.47. The van der Waals surface area contributed by atoms with Crippen molar-refractivity contribution < 1.29 is 19.1 Å². The molecule has 0 unspecified atom stereocenters. The van der Waals surface area contributed by atoms with Gasteiger partial charge >= 0.3 is 5.97 Å². The Morgan fingerprint density at radius 3 is 2.46 bits per heavy atom. The van der Waals surface area contributed by atoms with Gasteiger partial charge in [-0.15, -0.1) is 0 Å². The number of aromatic nitrogens is 3. The molecule has 0 atom stereocenters. The van der Waals surface area contributed by atoms with Crippen LogP contribution in [0.1, 0.15) is 33.2 Å². The van der Waals surface area contributed by atoms with Crippen LogP contribution in [0.25, 0.3) is 16.7 Å². The molecule has 0 radical (unpaired) electrons. The lowest BCUT2D eigenvalue weighted by Gasteiger charge is -2.15. The van der Waals surface area contributed by atoms with Crippen LogP contribution in [0.3, 0.4) is 0 Å². The van der Waals surface area contributed by atoms with E-state index in [2.05, 4.69) is 4.99 Å². The molecule has 5 rings (SSSR count). The van der Waals surface area contributed by atoms with Gasteiger partial charge in [-0.05, 0) is 49.2 Å². The molecule has 0 aliphatic rings. The molecule has 5 aromatic rings. The van der Waals surface area contributed by atoms with Crippen LogP contribution in [-0.4, -0.2) is 39.5 Å². The van der Waals surface area contributed by atoms with E-state index in [4.69, 9.17) is 14.5 Å². The SMILES string of the molecule is CCOC(=O)c1cc2c(=O)n3ccccc3nc2n(CCc2ccccc2)c1=NC(=O)c1ccccc1OC. The molecule has 2 aromatic carbocycles. The van der Waals surface area contributed by atoms with Gasteiger partial charge < -0.3 is 14.0 Å². The van der Waals surface area contributed by atoms with Crippen LogP contribution >= 0.6 is 0 Å². The number of aryl methyl sites for hydroxylation is 2. The molecule has 0 saturated heterocycles. The molecular weight excluding hydrogens is 496 g/mol. The number of hydrogen-bond donors (Lipinski definition) is 0. The van der Waals surface area contributed by atoms with E-state index in [0.717, 1.165) is 5.56 Å². The highest BCUT2D eigenvalue weighted by Crippen LogP contribution is 2.19. The minimum absolute atomic E-state index is 0.00422. The molecule has 1 amide bonds. The van der Waals surface area contributed by atoms with Crippen LogP contribution in [-0.2, 0) is 17.7 Å². The van der Waals surface area contributed by atoms with E-state index >= 15 is 0 Å². The quantitative estimate of drug-likeness (QED) is 0.238. The average Bonchev–Trinajstić information content (AvgIpc) is 2.97. The summed E-state index contributed by atoms with van der Waals surface area (Å²) in [5, 5.41) is 0.207. The third-order valence-corrected chi connectivity index (χ3v) is 6.30. The van der Waals surface area contributed by atoms with Crippen LogP contribution in [0.4, 0.5) is 0 Å². The zero-order chi connectivity index (χ0) is 27.4. The van der Waals surface area contributed by atoms with Gasteiger partial charge in [-0.2, -0.15) is 4.99 Å². The molecule has 0 bridgehead atoms. The van der Waals surface area contributed by atoms with Gasteiger partial charge in [-0.25, -0.2) is 9.78 Å². The fourth-order valence-electron chi connectivity index (χ4n) is 4.43. The maximum absolute atomic E-state index is 13.5. The topological polar surface area (TPSA) is 104 Å². The van der Waals surface area contributed by atoms with Crippen LogP contribution in [0, 0.1) is 0 Å². The molecule has 0 spiro atoms. The third kappa shape index (κ3) is 5.06. The standard InChI is InChI=1S/C30H26N4O5/c1-3-39-30(37)23-19-22-26(31-25-15-9-10-17-33(25)29(22)36)34(18-16-20-11-5-4-6-12-20)27(23)32-28(35)21-13-7-8-14-24(21)38-2/h4-15,17,19H,3,16,18H2,1-2H3. The second kappa shape index (κ2) is 11.1. The molecule has 0 aliphatic heterocycles. The number of fused-ring (bicyclic) bond motifs is 2. The zero-order valence-corrected chi connectivity index (χ0v) is 21.5. The van der Waals surface area contributed by atoms with Crippen molar-refractivity contribution >= 4 is 28.6 Å². The second-order valence-electron chi connectivity index (χ2n) is 8.69. The predicted molar refractivity (Wildman–Crippen MR) is 146 cm³/mol. The average molecular weight is 523 g/mol. The summed E-state index contributed by atoms with van der Waals surface area (Å²) in [6, 6.07) is 23.1. The number of ether oxygens (including phenoxy) is 2. The number of methoxy groups -OCH3 is 1. The number of nitrogens with zero attached hydrogens (tertiary/aromatic N) is 4. The van der Waals surface area contributed by atoms with Crippen LogP contribution < -0.4 is 15.8 Å². The van der Waals surface area contributed by atoms with Gasteiger partial charge in [0.1, 0.15) is 22.6 Å². The van der Waals surface area contributed by atoms with Gasteiger partial charge in [-0.3, -0.25) is 14.0 Å². The summed E-state index contributed by atoms with van der Waals surface area (Å²) in [5.74, 6) is -0.955. The summed E-state index contributed by atoms with van der Waals surface area (Å²) in [6.07, 6.45) is 2.15. The number of pyridine rings is 2. The minimum atomic E-state index is -0.697. The molecule has 0 saturated carbocycles. The van der Waals surface area contributed by atoms with Gasteiger partial charge in [0.25, 0.3) is 11.5 Å². The molecule has 9 nitrogen and oxygen atoms in total. The molecule has 9 heteroatoms. The smallest absolute Gasteiger partial charge is 0.341 e. The first-order valence-corrected chi connectivity index (χ1v) is 12.5. The molecule has 0 fully saturated rings. The highest BCUT2D eigenvalue weighted by Gasteiger charge is 2.21. The maximum Gasteiger partial charge on any atom is 0.341 e. The molecule has 39 heavy (non-hydrogen) atoms. The van der Waals surface area contributed by atoms with Gasteiger partial charge in [-0.1, -0.05) is 48.5 Å². The lowest BCUT2D eigenvalue weighted by atomic mass is 10.1. The van der Waals surface area contributed by atoms with Crippen LogP contribution in [0.2, 0.25) is 0 Å². The first kappa shape index (κ1) is 25.6. The van der Waals surface area contributed by atoms with Crippen molar-refractivity contribution in [1.82, 2.24) is 14.0 Å². The summed E-state index contributed by atoms with van der Waals surface area (Å²) in [6.45, 7) is 2.08. The van der Waals surface area contributed by atoms with Crippen molar-refractivity contribution in [2.24, 2.45) is 4.99 Å². The zero-order valence-electron chi connectivity index (χ0n) is 21.5. The van der Waals surface area contributed by atoms with E-state index < -0.39 is 11.9 Å². The summed E-state index contributed by atoms with van der Waals surface area (Å²) < 4.78 is 13.7. The van der Waals surface area contributed by atoms with Gasteiger partial charge in [0, 0.05) is 12.7 Å². The Morgan fingerprint density at radius 1 is 0.949 bits per heavy atom. The number of carbonyl (C=O) groups excluding carboxylic acids is 2. The third-order valence-electron chi connectivity index (χ3n) is 6.30. The number of rotatable bonds is 7. The van der Waals surface area contributed by atoms with E-state index in [0.29, 0.717) is 30.0 Å². The van der Waals surface area contributed by atoms with Crippen LogP contribution in [0.15, 0.2) is 94.8 Å². The van der Waals surface area contributed by atoms with Crippen LogP contribution in [0.5, 0.6) is 5.75 Å². The van der Waals surface area contributed by atoms with E-state index in [1.807, 2.05) is 30.3 Å². The number of esters is 1. The lowest BCUT2D eigenvalue weighted by molar-refractivity contribution is 0.0523. The number of benzene rings is 2. The normalized spacial score (nSPS) is 11.6. The lowest BCUT2D eigenvalue weighted by Crippen LogP contribution is -2.33. The fourth-order valence-corrected chi connectivity index (χ4v) is 4.43. The fraction of sp³-hybridized carbons (Fsp3) is 0.167. The Labute approximate surface area is 223 Å². The molecule has 0 aliphatic carbocycles. The summed E-state index contributed by atoms with van der Waals surface area (Å²) >= 11 is 0. The van der Waals surface area contributed by atoms with E-state index in [1.54, 1.807) is 60.2 Å². The predicted octanol–water partition coefficient (Wildman–Crippen LogP) is 3.82. The van der Waals surface area contributed by atoms with Crippen molar-refractivity contribution in [2.45, 2.75) is 19.9 Å². The van der Waals surface area contributed by atoms with Crippen molar-refractivity contribution in [3.05, 3.63) is 118 Å². The number of amides is 1. The molecule has 196 valence electrons. The summed E-state index contributed by atoms with van der Waals surface area (Å²) in [5.41, 5.74) is 1.69. The Bertz CT molecular complexity index is 1820. The molecule has 0 N–H and O–H groups in total. The van der Waals surface area contributed by atoms with Crippen molar-refractivity contribution in [3.63, 3.8) is 0 Å². The first-order chi connectivity index (χ1) is 19.0. The second-order valence-corrected chi connectivity index (χ2v) is 8.69. The Morgan fingerprint density at radius 2 is 1.69 bits per heavy atom. The minimum Gasteiger partial charge on any atom is -0.496 e. The Kier molecular flexibility index (Phi) is 7.31. The number of carbonyl (C=O) groups is 2. The Balaban J connectivity index is 1.84. The maximum atomic E-state index is 13.5. The number of hydrogen-bond acceptors (Lipinski definition) is 6. The molecular formula is C30H26N4O5. The van der Waals surface area contributed by atoms with E-state index in [9.17, 15) is 14.4 Å². The molecule has 3 heterocycles. The van der Waals surface area contributed by atoms with Gasteiger partial charge in [0.05, 0.1) is 24.7 Å². The number of para-hydroxylation sites is 1. The van der Waals surface area contributed by atoms with Crippen molar-refractivity contribution in [1.29, 1.82) is 0 Å². The van der Waals surface area contributed by atoms with Crippen molar-refractivity contribution in [2.75, 3.05) is 13.7 Å². The molecule has 3 aromatic heterocycles. The first-order valence-electron chi connectivity index (χ1n) is 12.5.